The van der Waals surface area contributed by atoms with E-state index in [0.717, 1.165) is 36.4 Å². The summed E-state index contributed by atoms with van der Waals surface area (Å²) in [5, 5.41) is 5.95. The zero-order valence-electron chi connectivity index (χ0n) is 13.8. The molecule has 134 valence electrons. The highest BCUT2D eigenvalue weighted by Gasteiger charge is 2.40. The van der Waals surface area contributed by atoms with Crippen molar-refractivity contribution in [1.29, 1.82) is 0 Å². The summed E-state index contributed by atoms with van der Waals surface area (Å²) in [5.41, 5.74) is 0.602. The summed E-state index contributed by atoms with van der Waals surface area (Å²) in [7, 11) is 0. The molecule has 0 aliphatic heterocycles. The maximum Gasteiger partial charge on any atom is 0.272 e. The molecule has 3 rings (SSSR count). The predicted molar refractivity (Wildman–Crippen MR) is 90.2 cm³/mol. The van der Waals surface area contributed by atoms with Crippen molar-refractivity contribution in [3.05, 3.63) is 40.1 Å². The fourth-order valence-electron chi connectivity index (χ4n) is 3.01. The van der Waals surface area contributed by atoms with Gasteiger partial charge in [-0.05, 0) is 25.8 Å². The Morgan fingerprint density at radius 2 is 2.20 bits per heavy atom. The topological polar surface area (TPSA) is 64.1 Å². The number of ether oxygens (including phenoxy) is 1. The number of carbonyl (C=O) groups excluding carboxylic acids is 1. The van der Waals surface area contributed by atoms with Gasteiger partial charge in [-0.15, -0.1) is 11.3 Å². The molecular weight excluding hydrogens is 348 g/mol. The number of rotatable bonds is 6. The molecule has 0 spiro atoms. The highest BCUT2D eigenvalue weighted by atomic mass is 32.1. The van der Waals surface area contributed by atoms with Crippen LogP contribution in [-0.2, 0) is 5.54 Å². The van der Waals surface area contributed by atoms with Crippen molar-refractivity contribution >= 4 is 17.2 Å². The summed E-state index contributed by atoms with van der Waals surface area (Å²) >= 11 is 1.54. The second-order valence-electron chi connectivity index (χ2n) is 6.12. The number of alkyl halides is 2. The van der Waals surface area contributed by atoms with E-state index < -0.39 is 18.6 Å². The Morgan fingerprint density at radius 3 is 2.84 bits per heavy atom. The molecule has 1 amide bonds. The Labute approximate surface area is 148 Å². The molecule has 5 nitrogen and oxygen atoms in total. The van der Waals surface area contributed by atoms with Crippen LogP contribution in [0, 0.1) is 6.92 Å². The normalized spacial score (nSPS) is 16.2. The van der Waals surface area contributed by atoms with Crippen molar-refractivity contribution in [3.8, 4) is 5.75 Å². The third-order valence-electron chi connectivity index (χ3n) is 4.18. The van der Waals surface area contributed by atoms with Crippen LogP contribution in [0.15, 0.2) is 23.7 Å². The molecule has 0 unspecified atom stereocenters. The molecule has 1 aliphatic carbocycles. The molecule has 0 saturated heterocycles. The van der Waals surface area contributed by atoms with Crippen LogP contribution in [0.5, 0.6) is 5.75 Å². The second kappa shape index (κ2) is 7.43. The van der Waals surface area contributed by atoms with Gasteiger partial charge in [0.2, 0.25) is 0 Å². The van der Waals surface area contributed by atoms with Gasteiger partial charge in [-0.2, -0.15) is 0 Å². The zero-order chi connectivity index (χ0) is 17.9. The SMILES string of the molecule is Cc1csc(C2(NC(=O)c3cc(OCC(F)F)ccn3)CCCC2)n1. The number of carbonyl (C=O) groups is 1. The quantitative estimate of drug-likeness (QED) is 0.846. The van der Waals surface area contributed by atoms with Gasteiger partial charge >= 0.3 is 0 Å². The van der Waals surface area contributed by atoms with Crippen molar-refractivity contribution in [3.63, 3.8) is 0 Å². The molecule has 8 heteroatoms. The Kier molecular flexibility index (Phi) is 5.27. The molecule has 0 atom stereocenters. The number of halogens is 2. The first-order valence-electron chi connectivity index (χ1n) is 8.11. The highest BCUT2D eigenvalue weighted by molar-refractivity contribution is 7.09. The molecule has 2 heterocycles. The van der Waals surface area contributed by atoms with Crippen molar-refractivity contribution in [1.82, 2.24) is 15.3 Å². The van der Waals surface area contributed by atoms with Gasteiger partial charge in [0.15, 0.2) is 0 Å². The van der Waals surface area contributed by atoms with E-state index in [1.807, 2.05) is 12.3 Å². The van der Waals surface area contributed by atoms with Gasteiger partial charge in [-0.3, -0.25) is 9.78 Å². The number of pyridine rings is 1. The van der Waals surface area contributed by atoms with E-state index in [9.17, 15) is 13.6 Å². The van der Waals surface area contributed by atoms with Gasteiger partial charge in [0.05, 0.1) is 5.54 Å². The lowest BCUT2D eigenvalue weighted by molar-refractivity contribution is 0.0816. The van der Waals surface area contributed by atoms with Gasteiger partial charge in [0.25, 0.3) is 12.3 Å². The van der Waals surface area contributed by atoms with Gasteiger partial charge < -0.3 is 10.1 Å². The third kappa shape index (κ3) is 4.12. The van der Waals surface area contributed by atoms with E-state index >= 15 is 0 Å². The van der Waals surface area contributed by atoms with Crippen LogP contribution in [0.4, 0.5) is 8.78 Å². The molecule has 1 fully saturated rings. The Balaban J connectivity index is 1.77. The van der Waals surface area contributed by atoms with Crippen LogP contribution in [-0.4, -0.2) is 28.9 Å². The average Bonchev–Trinajstić information content (AvgIpc) is 3.23. The number of amides is 1. The van der Waals surface area contributed by atoms with Crippen LogP contribution in [0.2, 0.25) is 0 Å². The summed E-state index contributed by atoms with van der Waals surface area (Å²) in [6.07, 6.45) is 2.50. The predicted octanol–water partition coefficient (Wildman–Crippen LogP) is 3.69. The Bertz CT molecular complexity index is 745. The van der Waals surface area contributed by atoms with Gasteiger partial charge in [-0.25, -0.2) is 13.8 Å². The van der Waals surface area contributed by atoms with E-state index in [4.69, 9.17) is 4.74 Å². The van der Waals surface area contributed by atoms with Gasteiger partial charge in [0.1, 0.15) is 23.1 Å². The summed E-state index contributed by atoms with van der Waals surface area (Å²) < 4.78 is 29.5. The van der Waals surface area contributed by atoms with Crippen LogP contribution in [0.3, 0.4) is 0 Å². The minimum absolute atomic E-state index is 0.145. The minimum atomic E-state index is -2.57. The lowest BCUT2D eigenvalue weighted by atomic mass is 9.98. The number of aromatic nitrogens is 2. The van der Waals surface area contributed by atoms with Crippen LogP contribution in [0.25, 0.3) is 0 Å². The molecule has 25 heavy (non-hydrogen) atoms. The number of nitrogens with zero attached hydrogens (tertiary/aromatic N) is 2. The zero-order valence-corrected chi connectivity index (χ0v) is 14.6. The molecular formula is C17H19F2N3O2S. The molecule has 0 aromatic carbocycles. The first-order valence-corrected chi connectivity index (χ1v) is 8.99. The molecule has 1 N–H and O–H groups in total. The summed E-state index contributed by atoms with van der Waals surface area (Å²) in [6, 6.07) is 2.84. The largest absolute Gasteiger partial charge is 0.488 e. The smallest absolute Gasteiger partial charge is 0.272 e. The minimum Gasteiger partial charge on any atom is -0.488 e. The maximum absolute atomic E-state index is 12.7. The van der Waals surface area contributed by atoms with Crippen molar-refractivity contribution in [2.75, 3.05) is 6.61 Å². The summed E-state index contributed by atoms with van der Waals surface area (Å²) in [6.45, 7) is 1.21. The lowest BCUT2D eigenvalue weighted by Crippen LogP contribution is -2.44. The summed E-state index contributed by atoms with van der Waals surface area (Å²) in [5.74, 6) is -0.150. The first kappa shape index (κ1) is 17.7. The second-order valence-corrected chi connectivity index (χ2v) is 6.97. The summed E-state index contributed by atoms with van der Waals surface area (Å²) in [4.78, 5) is 21.3. The van der Waals surface area contributed by atoms with Crippen LogP contribution >= 0.6 is 11.3 Å². The number of nitrogens with one attached hydrogen (secondary N) is 1. The Hall–Kier alpha value is -2.09. The number of thiazole rings is 1. The number of aryl methyl sites for hydroxylation is 1. The third-order valence-corrected chi connectivity index (χ3v) is 5.34. The van der Waals surface area contributed by atoms with E-state index in [0.29, 0.717) is 0 Å². The number of hydrogen-bond donors (Lipinski definition) is 1. The van der Waals surface area contributed by atoms with E-state index in [1.165, 1.54) is 18.3 Å². The molecule has 2 aromatic heterocycles. The molecule has 2 aromatic rings. The van der Waals surface area contributed by atoms with Crippen molar-refractivity contribution in [2.24, 2.45) is 0 Å². The Morgan fingerprint density at radius 1 is 1.44 bits per heavy atom. The van der Waals surface area contributed by atoms with Crippen LogP contribution < -0.4 is 10.1 Å². The maximum atomic E-state index is 12.7. The van der Waals surface area contributed by atoms with E-state index in [1.54, 1.807) is 11.3 Å². The van der Waals surface area contributed by atoms with Gasteiger partial charge in [-0.1, -0.05) is 12.8 Å². The average molecular weight is 367 g/mol. The van der Waals surface area contributed by atoms with Crippen LogP contribution in [0.1, 0.15) is 46.9 Å². The fourth-order valence-corrected chi connectivity index (χ4v) is 4.02. The van der Waals surface area contributed by atoms with E-state index in [-0.39, 0.29) is 17.4 Å². The molecule has 1 saturated carbocycles. The molecule has 0 bridgehead atoms. The van der Waals surface area contributed by atoms with Crippen molar-refractivity contribution < 1.29 is 18.3 Å². The van der Waals surface area contributed by atoms with E-state index in [2.05, 4.69) is 15.3 Å². The lowest BCUT2D eigenvalue weighted by Gasteiger charge is -2.28. The highest BCUT2D eigenvalue weighted by Crippen LogP contribution is 2.40. The van der Waals surface area contributed by atoms with Gasteiger partial charge in [0, 0.05) is 23.3 Å². The standard InChI is InChI=1S/C17H19F2N3O2S/c1-11-10-25-16(21-11)17(5-2-3-6-17)22-15(23)13-8-12(4-7-20-13)24-9-14(18)19/h4,7-8,10,14H,2-3,5-6,9H2,1H3,(H,22,23). The molecule has 1 aliphatic rings. The first-order chi connectivity index (χ1) is 12.0. The molecule has 0 radical (unpaired) electrons. The monoisotopic (exact) mass is 367 g/mol. The fraction of sp³-hybridized carbons (Fsp3) is 0.471. The van der Waals surface area contributed by atoms with Crippen molar-refractivity contribution in [2.45, 2.75) is 44.6 Å². The number of hydrogen-bond acceptors (Lipinski definition) is 5.